The molecule has 0 radical (unpaired) electrons. The fourth-order valence-electron chi connectivity index (χ4n) is 2.49. The maximum absolute atomic E-state index is 12.2. The maximum Gasteiger partial charge on any atom is 0.337 e. The largest absolute Gasteiger partial charge is 0.486 e. The molecule has 1 amide bonds. The van der Waals surface area contributed by atoms with Gasteiger partial charge in [0.1, 0.15) is 19.0 Å². The van der Waals surface area contributed by atoms with Gasteiger partial charge in [-0.15, -0.1) is 0 Å². The number of benzene rings is 2. The van der Waals surface area contributed by atoms with E-state index in [1.807, 2.05) is 6.92 Å². The number of anilines is 1. The van der Waals surface area contributed by atoms with Crippen molar-refractivity contribution < 1.29 is 28.5 Å². The molecule has 27 heavy (non-hydrogen) atoms. The van der Waals surface area contributed by atoms with Crippen LogP contribution in [0.5, 0.6) is 17.2 Å². The molecule has 3 rings (SSSR count). The molecule has 1 heterocycles. The second kappa shape index (κ2) is 8.18. The van der Waals surface area contributed by atoms with Crippen LogP contribution in [0.2, 0.25) is 5.02 Å². The number of halogens is 1. The van der Waals surface area contributed by atoms with Crippen molar-refractivity contribution in [1.82, 2.24) is 0 Å². The van der Waals surface area contributed by atoms with Crippen LogP contribution in [0.1, 0.15) is 15.9 Å². The highest BCUT2D eigenvalue weighted by Crippen LogP contribution is 2.37. The number of hydrogen-bond donors (Lipinski definition) is 1. The first kappa shape index (κ1) is 18.8. The van der Waals surface area contributed by atoms with Gasteiger partial charge in [-0.2, -0.15) is 0 Å². The summed E-state index contributed by atoms with van der Waals surface area (Å²) >= 11 is 6.18. The normalized spacial score (nSPS) is 12.3. The zero-order valence-corrected chi connectivity index (χ0v) is 15.6. The highest BCUT2D eigenvalue weighted by atomic mass is 35.5. The van der Waals surface area contributed by atoms with Crippen molar-refractivity contribution in [2.75, 3.05) is 32.2 Å². The molecule has 2 aromatic carbocycles. The van der Waals surface area contributed by atoms with Gasteiger partial charge in [-0.1, -0.05) is 17.7 Å². The van der Waals surface area contributed by atoms with Crippen LogP contribution in [-0.2, 0) is 9.53 Å². The van der Waals surface area contributed by atoms with E-state index in [-0.39, 0.29) is 6.61 Å². The van der Waals surface area contributed by atoms with Crippen LogP contribution < -0.4 is 19.5 Å². The summed E-state index contributed by atoms with van der Waals surface area (Å²) in [5, 5.41) is 3.01. The summed E-state index contributed by atoms with van der Waals surface area (Å²) in [5.41, 5.74) is 1.52. The number of esters is 1. The Kier molecular flexibility index (Phi) is 5.71. The smallest absolute Gasteiger partial charge is 0.337 e. The Morgan fingerprint density at radius 3 is 2.56 bits per heavy atom. The second-order valence-corrected chi connectivity index (χ2v) is 6.19. The molecule has 0 unspecified atom stereocenters. The molecular formula is C19H18ClNO6. The quantitative estimate of drug-likeness (QED) is 0.788. The van der Waals surface area contributed by atoms with E-state index >= 15 is 0 Å². The van der Waals surface area contributed by atoms with Crippen molar-refractivity contribution in [3.8, 4) is 17.2 Å². The lowest BCUT2D eigenvalue weighted by atomic mass is 10.1. The summed E-state index contributed by atoms with van der Waals surface area (Å²) in [6, 6.07) is 8.08. The summed E-state index contributed by atoms with van der Waals surface area (Å²) < 4.78 is 21.1. The van der Waals surface area contributed by atoms with Crippen LogP contribution in [0.25, 0.3) is 0 Å². The van der Waals surface area contributed by atoms with Gasteiger partial charge in [0.25, 0.3) is 5.91 Å². The molecule has 0 aliphatic carbocycles. The summed E-state index contributed by atoms with van der Waals surface area (Å²) in [6.07, 6.45) is 0. The van der Waals surface area contributed by atoms with Crippen molar-refractivity contribution in [2.24, 2.45) is 0 Å². The van der Waals surface area contributed by atoms with Gasteiger partial charge in [-0.3, -0.25) is 4.79 Å². The lowest BCUT2D eigenvalue weighted by Crippen LogP contribution is -2.21. The molecule has 0 bridgehead atoms. The summed E-state index contributed by atoms with van der Waals surface area (Å²) in [5.74, 6) is 0.587. The molecule has 142 valence electrons. The van der Waals surface area contributed by atoms with Gasteiger partial charge in [0.15, 0.2) is 18.1 Å². The van der Waals surface area contributed by atoms with Crippen LogP contribution in [0.3, 0.4) is 0 Å². The van der Waals surface area contributed by atoms with Crippen molar-refractivity contribution in [3.05, 3.63) is 46.5 Å². The van der Waals surface area contributed by atoms with Crippen LogP contribution in [0, 0.1) is 6.92 Å². The van der Waals surface area contributed by atoms with Crippen molar-refractivity contribution in [1.29, 1.82) is 0 Å². The van der Waals surface area contributed by atoms with Crippen LogP contribution in [0.15, 0.2) is 30.3 Å². The average molecular weight is 392 g/mol. The lowest BCUT2D eigenvalue weighted by molar-refractivity contribution is -0.118. The molecule has 0 fully saturated rings. The molecule has 7 nitrogen and oxygen atoms in total. The zero-order valence-electron chi connectivity index (χ0n) is 14.8. The first-order chi connectivity index (χ1) is 13.0. The Bertz CT molecular complexity index is 883. The van der Waals surface area contributed by atoms with E-state index in [0.29, 0.717) is 46.7 Å². The molecule has 0 saturated carbocycles. The average Bonchev–Trinajstić information content (AvgIpc) is 2.67. The Balaban J connectivity index is 1.66. The van der Waals surface area contributed by atoms with Gasteiger partial charge in [0.2, 0.25) is 0 Å². The minimum Gasteiger partial charge on any atom is -0.486 e. The molecule has 8 heteroatoms. The van der Waals surface area contributed by atoms with E-state index in [0.717, 1.165) is 5.56 Å². The number of rotatable bonds is 5. The van der Waals surface area contributed by atoms with Crippen LogP contribution in [-0.4, -0.2) is 38.8 Å². The third kappa shape index (κ3) is 4.43. The number of nitrogens with one attached hydrogen (secondary N) is 1. The fourth-order valence-corrected chi connectivity index (χ4v) is 2.69. The number of methoxy groups -OCH3 is 1. The van der Waals surface area contributed by atoms with Gasteiger partial charge >= 0.3 is 5.97 Å². The lowest BCUT2D eigenvalue weighted by Gasteiger charge is -2.20. The number of amides is 1. The van der Waals surface area contributed by atoms with E-state index in [4.69, 9.17) is 25.8 Å². The number of aryl methyl sites for hydroxylation is 1. The van der Waals surface area contributed by atoms with E-state index in [9.17, 15) is 9.59 Å². The maximum atomic E-state index is 12.2. The van der Waals surface area contributed by atoms with Crippen molar-refractivity contribution >= 4 is 29.2 Å². The van der Waals surface area contributed by atoms with Crippen molar-refractivity contribution in [2.45, 2.75) is 6.92 Å². The minimum absolute atomic E-state index is 0.254. The number of fused-ring (bicyclic) bond motifs is 1. The summed E-state index contributed by atoms with van der Waals surface area (Å²) in [7, 11) is 1.30. The Hall–Kier alpha value is -2.93. The molecule has 0 spiro atoms. The molecule has 1 aliphatic rings. The van der Waals surface area contributed by atoms with E-state index in [2.05, 4.69) is 10.1 Å². The number of ether oxygens (including phenoxy) is 4. The standard InChI is InChI=1S/C19H18ClNO6/c1-11-3-4-12(19(23)24-2)7-15(11)27-10-18(22)21-14-9-17-16(8-13(14)20)25-5-6-26-17/h3-4,7-9H,5-6,10H2,1-2H3,(H,21,22). The molecule has 0 atom stereocenters. The third-order valence-electron chi connectivity index (χ3n) is 3.87. The highest BCUT2D eigenvalue weighted by molar-refractivity contribution is 6.34. The van der Waals surface area contributed by atoms with Crippen LogP contribution >= 0.6 is 11.6 Å². The molecule has 1 N–H and O–H groups in total. The predicted molar refractivity (Wildman–Crippen MR) is 99.1 cm³/mol. The Labute approximate surface area is 161 Å². The highest BCUT2D eigenvalue weighted by Gasteiger charge is 2.17. The first-order valence-corrected chi connectivity index (χ1v) is 8.56. The topological polar surface area (TPSA) is 83.1 Å². The van der Waals surface area contributed by atoms with Gasteiger partial charge < -0.3 is 24.3 Å². The number of carbonyl (C=O) groups excluding carboxylic acids is 2. The van der Waals surface area contributed by atoms with Gasteiger partial charge in [-0.25, -0.2) is 4.79 Å². The van der Waals surface area contributed by atoms with E-state index < -0.39 is 11.9 Å². The molecule has 0 aromatic heterocycles. The first-order valence-electron chi connectivity index (χ1n) is 8.18. The predicted octanol–water partition coefficient (Wildman–Crippen LogP) is 3.22. The number of hydrogen-bond acceptors (Lipinski definition) is 6. The SMILES string of the molecule is COC(=O)c1ccc(C)c(OCC(=O)Nc2cc3c(cc2Cl)OCCO3)c1. The third-order valence-corrected chi connectivity index (χ3v) is 4.19. The Morgan fingerprint density at radius 1 is 1.15 bits per heavy atom. The van der Waals surface area contributed by atoms with Gasteiger partial charge in [0, 0.05) is 12.1 Å². The van der Waals surface area contributed by atoms with Crippen LogP contribution in [0.4, 0.5) is 5.69 Å². The molecular weight excluding hydrogens is 374 g/mol. The van der Waals surface area contributed by atoms with E-state index in [1.54, 1.807) is 24.3 Å². The second-order valence-electron chi connectivity index (χ2n) is 5.78. The number of carbonyl (C=O) groups is 2. The Morgan fingerprint density at radius 2 is 1.85 bits per heavy atom. The zero-order chi connectivity index (χ0) is 19.4. The molecule has 2 aromatic rings. The van der Waals surface area contributed by atoms with Crippen molar-refractivity contribution in [3.63, 3.8) is 0 Å². The fraction of sp³-hybridized carbons (Fsp3) is 0.263. The molecule has 1 aliphatic heterocycles. The summed E-state index contributed by atoms with van der Waals surface area (Å²) in [4.78, 5) is 23.9. The summed E-state index contributed by atoms with van der Waals surface area (Å²) in [6.45, 7) is 2.44. The molecule has 0 saturated heterocycles. The van der Waals surface area contributed by atoms with E-state index in [1.165, 1.54) is 13.2 Å². The monoisotopic (exact) mass is 391 g/mol. The van der Waals surface area contributed by atoms with Gasteiger partial charge in [-0.05, 0) is 24.6 Å². The van der Waals surface area contributed by atoms with Gasteiger partial charge in [0.05, 0.1) is 23.4 Å². The minimum atomic E-state index is -0.479.